The number of likely N-dealkylation sites (tertiary alicyclic amines) is 1. The van der Waals surface area contributed by atoms with Crippen molar-refractivity contribution in [2.45, 2.75) is 45.3 Å². The molecule has 1 N–H and O–H groups in total. The lowest BCUT2D eigenvalue weighted by Gasteiger charge is -2.28. The number of hydrogen-bond acceptors (Lipinski definition) is 3. The Hall–Kier alpha value is -0.120. The lowest BCUT2D eigenvalue weighted by Crippen LogP contribution is -2.40. The SMILES string of the molecule is CCNCC1CCN(C(C)C2CCCO2)C1. The molecule has 16 heavy (non-hydrogen) atoms. The summed E-state index contributed by atoms with van der Waals surface area (Å²) in [5.74, 6) is 0.851. The van der Waals surface area contributed by atoms with Crippen LogP contribution in [0.25, 0.3) is 0 Å². The molecule has 2 saturated heterocycles. The lowest BCUT2D eigenvalue weighted by atomic mass is 10.1. The number of ether oxygens (including phenoxy) is 1. The molecule has 2 aliphatic heterocycles. The van der Waals surface area contributed by atoms with Gasteiger partial charge in [-0.05, 0) is 51.7 Å². The summed E-state index contributed by atoms with van der Waals surface area (Å²) in [6.07, 6.45) is 4.36. The molecule has 0 aromatic rings. The molecular formula is C13H26N2O. The molecular weight excluding hydrogens is 200 g/mol. The minimum atomic E-state index is 0.498. The standard InChI is InChI=1S/C13H26N2O/c1-3-14-9-12-6-7-15(10-12)11(2)13-5-4-8-16-13/h11-14H,3-10H2,1-2H3. The van der Waals surface area contributed by atoms with Crippen molar-refractivity contribution in [3.8, 4) is 0 Å². The van der Waals surface area contributed by atoms with E-state index < -0.39 is 0 Å². The van der Waals surface area contributed by atoms with Crippen molar-refractivity contribution in [1.82, 2.24) is 10.2 Å². The fraction of sp³-hybridized carbons (Fsp3) is 1.00. The van der Waals surface area contributed by atoms with Gasteiger partial charge in [0, 0.05) is 19.2 Å². The molecule has 0 radical (unpaired) electrons. The molecule has 2 aliphatic rings. The van der Waals surface area contributed by atoms with Crippen LogP contribution in [0.1, 0.15) is 33.1 Å². The number of nitrogens with zero attached hydrogens (tertiary/aromatic N) is 1. The molecule has 2 heterocycles. The van der Waals surface area contributed by atoms with Gasteiger partial charge in [0.25, 0.3) is 0 Å². The summed E-state index contributed by atoms with van der Waals surface area (Å²) in [6, 6.07) is 0.620. The van der Waals surface area contributed by atoms with Gasteiger partial charge in [0.15, 0.2) is 0 Å². The summed E-state index contributed by atoms with van der Waals surface area (Å²) < 4.78 is 5.79. The van der Waals surface area contributed by atoms with Crippen molar-refractivity contribution in [3.63, 3.8) is 0 Å². The maximum absolute atomic E-state index is 5.79. The van der Waals surface area contributed by atoms with Crippen molar-refractivity contribution in [3.05, 3.63) is 0 Å². The van der Waals surface area contributed by atoms with Crippen LogP contribution in [-0.4, -0.2) is 49.8 Å². The molecule has 0 bridgehead atoms. The van der Waals surface area contributed by atoms with Crippen molar-refractivity contribution >= 4 is 0 Å². The molecule has 0 aromatic heterocycles. The van der Waals surface area contributed by atoms with E-state index in [1.165, 1.54) is 38.9 Å². The van der Waals surface area contributed by atoms with Gasteiger partial charge in [0.2, 0.25) is 0 Å². The quantitative estimate of drug-likeness (QED) is 0.768. The van der Waals surface area contributed by atoms with E-state index in [-0.39, 0.29) is 0 Å². The third-order valence-electron chi connectivity index (χ3n) is 4.08. The van der Waals surface area contributed by atoms with Crippen molar-refractivity contribution in [1.29, 1.82) is 0 Å². The minimum absolute atomic E-state index is 0.498. The maximum Gasteiger partial charge on any atom is 0.0728 e. The van der Waals surface area contributed by atoms with Gasteiger partial charge >= 0.3 is 0 Å². The molecule has 3 atom stereocenters. The Balaban J connectivity index is 1.74. The molecule has 94 valence electrons. The van der Waals surface area contributed by atoms with Crippen LogP contribution in [0.5, 0.6) is 0 Å². The highest BCUT2D eigenvalue weighted by Gasteiger charge is 2.31. The second-order valence-electron chi connectivity index (χ2n) is 5.25. The van der Waals surface area contributed by atoms with E-state index in [0.29, 0.717) is 12.1 Å². The Morgan fingerprint density at radius 1 is 1.44 bits per heavy atom. The molecule has 2 fully saturated rings. The Bertz CT molecular complexity index is 204. The molecule has 3 nitrogen and oxygen atoms in total. The van der Waals surface area contributed by atoms with Gasteiger partial charge in [0.1, 0.15) is 0 Å². The van der Waals surface area contributed by atoms with E-state index in [1.807, 2.05) is 0 Å². The predicted octanol–water partition coefficient (Wildman–Crippen LogP) is 1.49. The molecule has 0 amide bonds. The van der Waals surface area contributed by atoms with Crippen molar-refractivity contribution < 1.29 is 4.74 Å². The first kappa shape index (κ1) is 12.3. The van der Waals surface area contributed by atoms with E-state index >= 15 is 0 Å². The lowest BCUT2D eigenvalue weighted by molar-refractivity contribution is 0.0393. The van der Waals surface area contributed by atoms with Crippen molar-refractivity contribution in [2.75, 3.05) is 32.8 Å². The first-order valence-corrected chi connectivity index (χ1v) is 6.87. The molecule has 0 aromatic carbocycles. The zero-order valence-corrected chi connectivity index (χ0v) is 10.7. The highest BCUT2D eigenvalue weighted by Crippen LogP contribution is 2.24. The monoisotopic (exact) mass is 226 g/mol. The third kappa shape index (κ3) is 2.96. The minimum Gasteiger partial charge on any atom is -0.377 e. The Labute approximate surface area is 99.5 Å². The first-order chi connectivity index (χ1) is 7.81. The van der Waals surface area contributed by atoms with E-state index in [4.69, 9.17) is 4.74 Å². The van der Waals surface area contributed by atoms with Crippen LogP contribution >= 0.6 is 0 Å². The average molecular weight is 226 g/mol. The van der Waals surface area contributed by atoms with Crippen LogP contribution in [0.3, 0.4) is 0 Å². The van der Waals surface area contributed by atoms with Gasteiger partial charge in [-0.1, -0.05) is 6.92 Å². The number of nitrogens with one attached hydrogen (secondary N) is 1. The van der Waals surface area contributed by atoms with E-state index in [9.17, 15) is 0 Å². The average Bonchev–Trinajstić information content (AvgIpc) is 2.96. The summed E-state index contributed by atoms with van der Waals surface area (Å²) in [7, 11) is 0. The summed E-state index contributed by atoms with van der Waals surface area (Å²) in [4.78, 5) is 2.62. The fourth-order valence-electron chi connectivity index (χ4n) is 2.97. The smallest absolute Gasteiger partial charge is 0.0728 e. The van der Waals surface area contributed by atoms with Crippen LogP contribution in [-0.2, 0) is 4.74 Å². The summed E-state index contributed by atoms with van der Waals surface area (Å²) in [5.41, 5.74) is 0. The fourth-order valence-corrected chi connectivity index (χ4v) is 2.97. The molecule has 0 saturated carbocycles. The molecule has 2 rings (SSSR count). The second-order valence-corrected chi connectivity index (χ2v) is 5.25. The summed E-state index contributed by atoms with van der Waals surface area (Å²) in [5, 5.41) is 3.46. The highest BCUT2D eigenvalue weighted by atomic mass is 16.5. The normalized spacial score (nSPS) is 33.4. The summed E-state index contributed by atoms with van der Waals surface area (Å²) >= 11 is 0. The van der Waals surface area contributed by atoms with Gasteiger partial charge in [-0.25, -0.2) is 0 Å². The van der Waals surface area contributed by atoms with Gasteiger partial charge in [-0.2, -0.15) is 0 Å². The van der Waals surface area contributed by atoms with Crippen molar-refractivity contribution in [2.24, 2.45) is 5.92 Å². The van der Waals surface area contributed by atoms with E-state index in [1.54, 1.807) is 0 Å². The summed E-state index contributed by atoms with van der Waals surface area (Å²) in [6.45, 7) is 10.3. The highest BCUT2D eigenvalue weighted by molar-refractivity contribution is 4.85. The molecule has 3 heteroatoms. The molecule has 0 spiro atoms. The zero-order chi connectivity index (χ0) is 11.4. The van der Waals surface area contributed by atoms with Gasteiger partial charge in [0.05, 0.1) is 6.10 Å². The third-order valence-corrected chi connectivity index (χ3v) is 4.08. The Morgan fingerprint density at radius 3 is 3.00 bits per heavy atom. The predicted molar refractivity (Wildman–Crippen MR) is 66.7 cm³/mol. The Morgan fingerprint density at radius 2 is 2.31 bits per heavy atom. The van der Waals surface area contributed by atoms with Crippen LogP contribution in [0.4, 0.5) is 0 Å². The zero-order valence-electron chi connectivity index (χ0n) is 10.7. The Kier molecular flexibility index (Phi) is 4.62. The van der Waals surface area contributed by atoms with Gasteiger partial charge in [-0.15, -0.1) is 0 Å². The van der Waals surface area contributed by atoms with Gasteiger partial charge < -0.3 is 10.1 Å². The van der Waals surface area contributed by atoms with Crippen LogP contribution < -0.4 is 5.32 Å². The first-order valence-electron chi connectivity index (χ1n) is 6.87. The second kappa shape index (κ2) is 5.99. The van der Waals surface area contributed by atoms with Gasteiger partial charge in [-0.3, -0.25) is 4.90 Å². The van der Waals surface area contributed by atoms with Crippen LogP contribution in [0.15, 0.2) is 0 Å². The number of rotatable bonds is 5. The largest absolute Gasteiger partial charge is 0.377 e. The molecule has 3 unspecified atom stereocenters. The number of hydrogen-bond donors (Lipinski definition) is 1. The van der Waals surface area contributed by atoms with E-state index in [2.05, 4.69) is 24.1 Å². The topological polar surface area (TPSA) is 24.5 Å². The van der Waals surface area contributed by atoms with E-state index in [0.717, 1.165) is 19.1 Å². The molecule has 0 aliphatic carbocycles. The maximum atomic E-state index is 5.79. The van der Waals surface area contributed by atoms with Crippen LogP contribution in [0, 0.1) is 5.92 Å². The van der Waals surface area contributed by atoms with Crippen LogP contribution in [0.2, 0.25) is 0 Å².